The number of anilines is 2. The molecule has 0 heterocycles. The van der Waals surface area contributed by atoms with Gasteiger partial charge in [-0.15, -0.1) is 0 Å². The molecular weight excluding hydrogens is 322 g/mol. The van der Waals surface area contributed by atoms with Gasteiger partial charge in [-0.2, -0.15) is 0 Å². The van der Waals surface area contributed by atoms with Crippen LogP contribution >= 0.6 is 0 Å². The van der Waals surface area contributed by atoms with Gasteiger partial charge in [0.05, 0.1) is 5.56 Å². The van der Waals surface area contributed by atoms with Gasteiger partial charge in [0.1, 0.15) is 5.75 Å². The Bertz CT molecular complexity index is 739. The van der Waals surface area contributed by atoms with E-state index in [2.05, 4.69) is 50.8 Å². The van der Waals surface area contributed by atoms with Crippen LogP contribution in [0, 0.1) is 19.8 Å². The Morgan fingerprint density at radius 3 is 2.46 bits per heavy atom. The van der Waals surface area contributed by atoms with Crippen LogP contribution in [0.5, 0.6) is 5.75 Å². The molecule has 0 aliphatic heterocycles. The van der Waals surface area contributed by atoms with Crippen molar-refractivity contribution in [2.75, 3.05) is 11.4 Å². The van der Waals surface area contributed by atoms with Crippen molar-refractivity contribution in [1.29, 1.82) is 0 Å². The highest BCUT2D eigenvalue weighted by Crippen LogP contribution is 2.34. The first kappa shape index (κ1) is 20.0. The van der Waals surface area contributed by atoms with Crippen LogP contribution in [-0.2, 0) is 0 Å². The molecule has 0 amide bonds. The molecule has 0 aromatic heterocycles. The van der Waals surface area contributed by atoms with Crippen molar-refractivity contribution >= 4 is 17.7 Å². The molecule has 2 aromatic rings. The maximum atomic E-state index is 11.0. The number of hydrogen-bond acceptors (Lipinski definition) is 3. The van der Waals surface area contributed by atoms with Crippen LogP contribution in [0.25, 0.3) is 0 Å². The lowest BCUT2D eigenvalue weighted by Gasteiger charge is -2.31. The summed E-state index contributed by atoms with van der Waals surface area (Å²) >= 11 is 0. The Morgan fingerprint density at radius 1 is 1.12 bits per heavy atom. The largest absolute Gasteiger partial charge is 0.507 e. The third-order valence-corrected chi connectivity index (χ3v) is 5.08. The first-order valence-corrected chi connectivity index (χ1v) is 9.63. The molecule has 0 bridgehead atoms. The maximum Gasteiger partial charge on any atom is 0.153 e. The summed E-state index contributed by atoms with van der Waals surface area (Å²) in [6.45, 7) is 9.60. The first-order chi connectivity index (χ1) is 12.5. The normalized spacial score (nSPS) is 12.0. The average Bonchev–Trinajstić information content (AvgIpc) is 2.63. The number of carbonyl (C=O) groups is 1. The standard InChI is InChI=1S/C23H31NO2/c1-5-7-8-19(6-2)15-24(22-12-9-17(3)13-18(22)4)21-11-10-20(16-25)23(26)14-21/h9-14,16,19,26H,5-8,15H2,1-4H3. The zero-order chi connectivity index (χ0) is 19.1. The number of hydrogen-bond donors (Lipinski definition) is 1. The zero-order valence-electron chi connectivity index (χ0n) is 16.5. The Morgan fingerprint density at radius 2 is 1.88 bits per heavy atom. The molecule has 0 spiro atoms. The molecule has 0 fully saturated rings. The molecule has 1 N–H and O–H groups in total. The number of nitrogens with zero attached hydrogens (tertiary/aromatic N) is 1. The maximum absolute atomic E-state index is 11.0. The highest BCUT2D eigenvalue weighted by atomic mass is 16.3. The number of aromatic hydroxyl groups is 1. The van der Waals surface area contributed by atoms with Crippen molar-refractivity contribution in [3.05, 3.63) is 53.1 Å². The van der Waals surface area contributed by atoms with Gasteiger partial charge in [-0.3, -0.25) is 4.79 Å². The number of phenolic OH excluding ortho intramolecular Hbond substituents is 1. The van der Waals surface area contributed by atoms with Gasteiger partial charge in [0.25, 0.3) is 0 Å². The lowest BCUT2D eigenvalue weighted by molar-refractivity contribution is 0.112. The summed E-state index contributed by atoms with van der Waals surface area (Å²) in [4.78, 5) is 13.3. The van der Waals surface area contributed by atoms with Crippen molar-refractivity contribution in [2.45, 2.75) is 53.4 Å². The molecule has 3 heteroatoms. The van der Waals surface area contributed by atoms with Crippen molar-refractivity contribution in [2.24, 2.45) is 5.92 Å². The fourth-order valence-corrected chi connectivity index (χ4v) is 3.43. The average molecular weight is 354 g/mol. The molecule has 2 aromatic carbocycles. The topological polar surface area (TPSA) is 40.5 Å². The fraction of sp³-hybridized carbons (Fsp3) is 0.435. The zero-order valence-corrected chi connectivity index (χ0v) is 16.5. The lowest BCUT2D eigenvalue weighted by Crippen LogP contribution is -2.25. The van der Waals surface area contributed by atoms with Gasteiger partial charge < -0.3 is 10.0 Å². The van der Waals surface area contributed by atoms with E-state index in [0.717, 1.165) is 24.3 Å². The van der Waals surface area contributed by atoms with Crippen LogP contribution in [0.3, 0.4) is 0 Å². The number of carbonyl (C=O) groups excluding carboxylic acids is 1. The van der Waals surface area contributed by atoms with Crippen molar-refractivity contribution in [3.8, 4) is 5.75 Å². The van der Waals surface area contributed by atoms with Crippen LogP contribution in [-0.4, -0.2) is 17.9 Å². The smallest absolute Gasteiger partial charge is 0.153 e. The van der Waals surface area contributed by atoms with Gasteiger partial charge in [-0.1, -0.05) is 50.8 Å². The highest BCUT2D eigenvalue weighted by molar-refractivity contribution is 5.81. The number of unbranched alkanes of at least 4 members (excludes halogenated alkanes) is 1. The van der Waals surface area contributed by atoms with Gasteiger partial charge in [0.2, 0.25) is 0 Å². The SMILES string of the molecule is CCCCC(CC)CN(c1ccc(C=O)c(O)c1)c1ccc(C)cc1C. The van der Waals surface area contributed by atoms with Crippen molar-refractivity contribution in [3.63, 3.8) is 0 Å². The summed E-state index contributed by atoms with van der Waals surface area (Å²) in [6.07, 6.45) is 5.45. The Labute approximate surface area is 157 Å². The number of aryl methyl sites for hydroxylation is 2. The summed E-state index contributed by atoms with van der Waals surface area (Å²) in [7, 11) is 0. The molecule has 1 unspecified atom stereocenters. The first-order valence-electron chi connectivity index (χ1n) is 9.63. The molecular formula is C23H31NO2. The van der Waals surface area contributed by atoms with Crippen molar-refractivity contribution in [1.82, 2.24) is 0 Å². The van der Waals surface area contributed by atoms with E-state index in [4.69, 9.17) is 0 Å². The van der Waals surface area contributed by atoms with Crippen LogP contribution in [0.2, 0.25) is 0 Å². The Hall–Kier alpha value is -2.29. The van der Waals surface area contributed by atoms with Gasteiger partial charge in [0.15, 0.2) is 6.29 Å². The minimum Gasteiger partial charge on any atom is -0.507 e. The molecule has 0 aliphatic rings. The van der Waals surface area contributed by atoms with E-state index in [1.165, 1.54) is 30.4 Å². The Balaban J connectivity index is 2.43. The second-order valence-electron chi connectivity index (χ2n) is 7.18. The monoisotopic (exact) mass is 353 g/mol. The molecule has 0 radical (unpaired) electrons. The van der Waals surface area contributed by atoms with E-state index in [1.54, 1.807) is 12.1 Å². The van der Waals surface area contributed by atoms with Gasteiger partial charge in [-0.05, 0) is 49.9 Å². The van der Waals surface area contributed by atoms with Gasteiger partial charge in [0, 0.05) is 24.0 Å². The van der Waals surface area contributed by atoms with Gasteiger partial charge in [-0.25, -0.2) is 0 Å². The molecule has 1 atom stereocenters. The number of benzene rings is 2. The van der Waals surface area contributed by atoms with E-state index < -0.39 is 0 Å². The second-order valence-corrected chi connectivity index (χ2v) is 7.18. The summed E-state index contributed by atoms with van der Waals surface area (Å²) in [5.74, 6) is 0.623. The quantitative estimate of drug-likeness (QED) is 0.548. The van der Waals surface area contributed by atoms with Crippen LogP contribution in [0.4, 0.5) is 11.4 Å². The summed E-state index contributed by atoms with van der Waals surface area (Å²) in [5.41, 5.74) is 4.86. The molecule has 140 valence electrons. The molecule has 26 heavy (non-hydrogen) atoms. The van der Waals surface area contributed by atoms with Crippen LogP contribution < -0.4 is 4.90 Å². The second kappa shape index (κ2) is 9.42. The van der Waals surface area contributed by atoms with E-state index >= 15 is 0 Å². The molecule has 0 saturated carbocycles. The summed E-state index contributed by atoms with van der Waals surface area (Å²) in [5, 5.41) is 10.2. The summed E-state index contributed by atoms with van der Waals surface area (Å²) < 4.78 is 0. The third kappa shape index (κ3) is 4.87. The predicted octanol–water partition coefficient (Wildman–Crippen LogP) is 6.18. The van der Waals surface area contributed by atoms with Crippen molar-refractivity contribution < 1.29 is 9.90 Å². The minimum absolute atomic E-state index is 0.0360. The van der Waals surface area contributed by atoms with E-state index in [1.807, 2.05) is 6.07 Å². The number of aldehydes is 1. The molecule has 0 aliphatic carbocycles. The van der Waals surface area contributed by atoms with Gasteiger partial charge >= 0.3 is 0 Å². The lowest BCUT2D eigenvalue weighted by atomic mass is 9.97. The number of phenols is 1. The molecule has 3 nitrogen and oxygen atoms in total. The third-order valence-electron chi connectivity index (χ3n) is 5.08. The molecule has 2 rings (SSSR count). The van der Waals surface area contributed by atoms with E-state index in [9.17, 15) is 9.90 Å². The Kier molecular flexibility index (Phi) is 7.26. The number of rotatable bonds is 9. The van der Waals surface area contributed by atoms with E-state index in [-0.39, 0.29) is 5.75 Å². The highest BCUT2D eigenvalue weighted by Gasteiger charge is 2.18. The molecule has 0 saturated heterocycles. The summed E-state index contributed by atoms with van der Waals surface area (Å²) in [6, 6.07) is 11.8. The van der Waals surface area contributed by atoms with E-state index in [0.29, 0.717) is 17.8 Å². The van der Waals surface area contributed by atoms with Crippen LogP contribution in [0.1, 0.15) is 61.0 Å². The fourth-order valence-electron chi connectivity index (χ4n) is 3.43. The van der Waals surface area contributed by atoms with Crippen LogP contribution in [0.15, 0.2) is 36.4 Å². The predicted molar refractivity (Wildman–Crippen MR) is 110 cm³/mol. The minimum atomic E-state index is 0.0360.